The van der Waals surface area contributed by atoms with Gasteiger partial charge in [0.25, 0.3) is 0 Å². The van der Waals surface area contributed by atoms with E-state index in [1.165, 1.54) is 19.9 Å². The summed E-state index contributed by atoms with van der Waals surface area (Å²) in [5.74, 6) is -5.51. The molecular weight excluding hydrogens is 722 g/mol. The predicted octanol–water partition coefficient (Wildman–Crippen LogP) is 5.00. The maximum Gasteiger partial charge on any atom is 0.416 e. The number of carboxylic acids is 1. The van der Waals surface area contributed by atoms with Crippen LogP contribution in [0.1, 0.15) is 96.6 Å². The highest BCUT2D eigenvalue weighted by molar-refractivity contribution is 7.84. The highest BCUT2D eigenvalue weighted by Gasteiger charge is 2.57. The van der Waals surface area contributed by atoms with Crippen LogP contribution in [0.2, 0.25) is 0 Å². The van der Waals surface area contributed by atoms with Crippen molar-refractivity contribution in [3.05, 3.63) is 58.8 Å². The molecule has 2 heterocycles. The number of ketones is 1. The Morgan fingerprint density at radius 2 is 1.91 bits per heavy atom. The number of oxime groups is 1. The van der Waals surface area contributed by atoms with E-state index in [0.717, 1.165) is 55.2 Å². The Labute approximate surface area is 314 Å². The largest absolute Gasteiger partial charge is 0.507 e. The number of aromatic hydroxyl groups is 1. The Morgan fingerprint density at radius 1 is 1.22 bits per heavy atom. The molecule has 1 aromatic rings. The number of aliphatic imine (C=N–C) groups is 1. The second kappa shape index (κ2) is 16.5. The van der Waals surface area contributed by atoms with E-state index in [-0.39, 0.29) is 39.7 Å². The number of amides is 2. The number of Topliss-reactive ketones (excluding diaryl/α,β-unsaturated/α-hetero) is 1. The summed E-state index contributed by atoms with van der Waals surface area (Å²) >= 11 is 0. The summed E-state index contributed by atoms with van der Waals surface area (Å²) in [5.41, 5.74) is 6.32. The number of phenols is 1. The lowest BCUT2D eigenvalue weighted by atomic mass is 9.73. The number of β-lactam (4-membered cyclic amide) rings is 1. The third-order valence-electron chi connectivity index (χ3n) is 9.79. The van der Waals surface area contributed by atoms with Crippen molar-refractivity contribution in [1.29, 1.82) is 0 Å². The quantitative estimate of drug-likeness (QED) is 0.0434. The van der Waals surface area contributed by atoms with E-state index in [1.54, 1.807) is 12.1 Å². The maximum absolute atomic E-state index is 14.0. The average molecular weight is 772 g/mol. The van der Waals surface area contributed by atoms with Crippen LogP contribution in [-0.2, 0) is 35.9 Å². The highest BCUT2D eigenvalue weighted by atomic mass is 32.2. The molecule has 2 aliphatic heterocycles. The fraction of sp³-hybridized carbons (Fsp3) is 0.514. The first-order valence-corrected chi connectivity index (χ1v) is 19.1. The van der Waals surface area contributed by atoms with Crippen LogP contribution in [0.15, 0.2) is 57.9 Å². The Balaban J connectivity index is 1.71. The fourth-order valence-electron chi connectivity index (χ4n) is 6.70. The third-order valence-corrected chi connectivity index (χ3v) is 10.7. The van der Waals surface area contributed by atoms with Gasteiger partial charge in [0.1, 0.15) is 23.5 Å². The van der Waals surface area contributed by atoms with Crippen molar-refractivity contribution < 1.29 is 51.9 Å². The van der Waals surface area contributed by atoms with Crippen LogP contribution < -0.4 is 10.5 Å². The van der Waals surface area contributed by atoms with Crippen molar-refractivity contribution in [1.82, 2.24) is 9.21 Å². The number of nitrogens with zero attached hydrogens (tertiary/aromatic N) is 4. The Bertz CT molecular complexity index is 1950. The highest BCUT2D eigenvalue weighted by Crippen LogP contribution is 2.47. The van der Waals surface area contributed by atoms with Gasteiger partial charge in [0.05, 0.1) is 11.6 Å². The Kier molecular flexibility index (Phi) is 12.8. The number of hydrogen-bond acceptors (Lipinski definition) is 12. The minimum atomic E-state index is -5.25. The van der Waals surface area contributed by atoms with Gasteiger partial charge in [-0.3, -0.25) is 19.0 Å². The third kappa shape index (κ3) is 9.18. The number of hydrogen-bond donors (Lipinski definition) is 4. The second-order valence-electron chi connectivity index (χ2n) is 14.5. The van der Waals surface area contributed by atoms with E-state index >= 15 is 0 Å². The van der Waals surface area contributed by atoms with Crippen LogP contribution in [-0.4, -0.2) is 86.5 Å². The van der Waals surface area contributed by atoms with Gasteiger partial charge in [0, 0.05) is 31.4 Å². The van der Waals surface area contributed by atoms with Gasteiger partial charge in [-0.1, -0.05) is 48.7 Å². The molecule has 1 saturated heterocycles. The summed E-state index contributed by atoms with van der Waals surface area (Å²) in [6.45, 7) is 12.4. The van der Waals surface area contributed by atoms with E-state index in [1.807, 2.05) is 19.9 Å². The number of rotatable bonds is 16. The van der Waals surface area contributed by atoms with Crippen LogP contribution >= 0.6 is 0 Å². The van der Waals surface area contributed by atoms with Crippen molar-refractivity contribution in [2.45, 2.75) is 104 Å². The molecule has 1 aliphatic carbocycles. The zero-order chi connectivity index (χ0) is 40.3. The molecule has 1 unspecified atom stereocenters. The molecule has 2 amide bonds. The summed E-state index contributed by atoms with van der Waals surface area (Å²) in [6.07, 6.45) is 4.75. The SMILES string of the molecule is C=C(C)[C@@H]1CCC(C)=C[C@H]1c1c(O)cc(CCCCC)cc1OC(=O)N(C)C1[C@H](CC(=O)/C(=N\OC(C)(C)C(=O)O)C2=CCC(N)=N2)C(=O)N1S(=O)(=O)O. The predicted molar refractivity (Wildman–Crippen MR) is 199 cm³/mol. The van der Waals surface area contributed by atoms with Crippen molar-refractivity contribution in [3.8, 4) is 11.5 Å². The molecule has 0 radical (unpaired) electrons. The molecule has 4 rings (SSSR count). The second-order valence-corrected chi connectivity index (χ2v) is 15.8. The van der Waals surface area contributed by atoms with Gasteiger partial charge in [0.15, 0.2) is 11.5 Å². The van der Waals surface area contributed by atoms with Gasteiger partial charge in [-0.25, -0.2) is 14.6 Å². The first-order chi connectivity index (χ1) is 25.2. The van der Waals surface area contributed by atoms with Gasteiger partial charge >= 0.3 is 22.4 Å². The number of unbranched alkanes of at least 4 members (excludes halogenated alkanes) is 2. The van der Waals surface area contributed by atoms with Crippen LogP contribution in [0.5, 0.6) is 11.5 Å². The monoisotopic (exact) mass is 771 g/mol. The summed E-state index contributed by atoms with van der Waals surface area (Å²) in [7, 11) is -4.11. The smallest absolute Gasteiger partial charge is 0.416 e. The molecule has 17 heteroatoms. The Hall–Kier alpha value is -5.03. The van der Waals surface area contributed by atoms with Crippen LogP contribution in [0, 0.1) is 11.8 Å². The topological polar surface area (TPSA) is 239 Å². The van der Waals surface area contributed by atoms with E-state index in [2.05, 4.69) is 23.7 Å². The number of carbonyl (C=O) groups is 4. The zero-order valence-corrected chi connectivity index (χ0v) is 32.2. The van der Waals surface area contributed by atoms with E-state index in [9.17, 15) is 42.4 Å². The van der Waals surface area contributed by atoms with Gasteiger partial charge in [-0.15, -0.1) is 0 Å². The van der Waals surface area contributed by atoms with Crippen LogP contribution in [0.4, 0.5) is 4.79 Å². The van der Waals surface area contributed by atoms with Crippen molar-refractivity contribution in [3.63, 3.8) is 0 Å². The number of ether oxygens (including phenoxy) is 1. The molecule has 0 aromatic heterocycles. The van der Waals surface area contributed by atoms with E-state index in [4.69, 9.17) is 15.3 Å². The lowest BCUT2D eigenvalue weighted by Crippen LogP contribution is -2.70. The molecular formula is C37H49N5O11S. The summed E-state index contributed by atoms with van der Waals surface area (Å²) in [5, 5.41) is 24.7. The van der Waals surface area contributed by atoms with Crippen molar-refractivity contribution in [2.24, 2.45) is 27.7 Å². The molecule has 54 heavy (non-hydrogen) atoms. The molecule has 4 atom stereocenters. The van der Waals surface area contributed by atoms with Gasteiger partial charge in [-0.2, -0.15) is 12.7 Å². The number of amidine groups is 1. The van der Waals surface area contributed by atoms with Crippen LogP contribution in [0.3, 0.4) is 0 Å². The molecule has 1 fully saturated rings. The first kappa shape index (κ1) is 41.7. The van der Waals surface area contributed by atoms with Crippen molar-refractivity contribution in [2.75, 3.05) is 7.05 Å². The average Bonchev–Trinajstić information content (AvgIpc) is 3.50. The standard InChI is InChI=1S/C37H49N5O11S/c1-8-9-10-11-22-17-27(43)31(24-16-21(4)12-13-23(24)20(2)3)29(18-22)52-36(48)41(7)33-25(34(45)42(33)54(49,50)51)19-28(44)32(26-14-15-30(38)39-26)40-53-37(5,6)35(46)47/h14,16-18,23-25,33,43H,2,8-13,15,19H2,1,3-7H3,(H2,38,39)(H,46,47)(H,49,50,51)/b40-32-/t23-,24+,25-,33?/m0/s1. The van der Waals surface area contributed by atoms with E-state index in [0.29, 0.717) is 17.5 Å². The Morgan fingerprint density at radius 3 is 2.48 bits per heavy atom. The minimum absolute atomic E-state index is 0.0217. The number of carbonyl (C=O) groups excluding carboxylic acids is 3. The number of nitrogens with two attached hydrogens (primary N) is 1. The molecule has 16 nitrogen and oxygen atoms in total. The number of carboxylic acid groups (broad SMARTS) is 1. The number of phenolic OH excluding ortho intramolecular Hbond substituents is 1. The van der Waals surface area contributed by atoms with Crippen LogP contribution in [0.25, 0.3) is 0 Å². The lowest BCUT2D eigenvalue weighted by molar-refractivity contribution is -0.161. The summed E-state index contributed by atoms with van der Waals surface area (Å²) < 4.78 is 40.8. The molecule has 0 bridgehead atoms. The van der Waals surface area contributed by atoms with E-state index < -0.39 is 69.8 Å². The first-order valence-electron chi connectivity index (χ1n) is 17.7. The number of aryl methyl sites for hydroxylation is 1. The maximum atomic E-state index is 14.0. The number of aliphatic carboxylic acids is 1. The fourth-order valence-corrected chi connectivity index (χ4v) is 7.62. The van der Waals surface area contributed by atoms with Gasteiger partial charge in [0.2, 0.25) is 11.5 Å². The summed E-state index contributed by atoms with van der Waals surface area (Å²) in [4.78, 5) is 62.5. The molecule has 0 saturated carbocycles. The van der Waals surface area contributed by atoms with Gasteiger partial charge < -0.3 is 25.5 Å². The van der Waals surface area contributed by atoms with Gasteiger partial charge in [-0.05, 0) is 83.1 Å². The molecule has 294 valence electrons. The molecule has 1 aromatic carbocycles. The zero-order valence-electron chi connectivity index (χ0n) is 31.4. The number of allylic oxidation sites excluding steroid dienone is 4. The normalized spacial score (nSPS) is 21.8. The molecule has 5 N–H and O–H groups in total. The van der Waals surface area contributed by atoms with Crippen molar-refractivity contribution >= 4 is 45.6 Å². The minimum Gasteiger partial charge on any atom is -0.507 e. The molecule has 0 spiro atoms. The summed E-state index contributed by atoms with van der Waals surface area (Å²) in [6, 6.07) is 3.30. The molecule has 3 aliphatic rings. The number of benzene rings is 1. The lowest BCUT2D eigenvalue weighted by Gasteiger charge is -2.47.